The van der Waals surface area contributed by atoms with Crippen LogP contribution in [0.4, 0.5) is 0 Å². The van der Waals surface area contributed by atoms with Crippen LogP contribution in [-0.2, 0) is 66.5 Å². The van der Waals surface area contributed by atoms with E-state index in [4.69, 9.17) is 47.4 Å². The molecule has 4 rings (SSSR count). The largest absolute Gasteiger partial charge is 0.462 e. The Balaban J connectivity index is 1.73. The zero-order chi connectivity index (χ0) is 36.4. The van der Waals surface area contributed by atoms with Gasteiger partial charge < -0.3 is 47.4 Å². The Kier molecular flexibility index (Phi) is 13.4. The molecular formula is C34H38O16. The fourth-order valence-electron chi connectivity index (χ4n) is 5.34. The van der Waals surface area contributed by atoms with Crippen molar-refractivity contribution in [2.24, 2.45) is 0 Å². The van der Waals surface area contributed by atoms with Crippen molar-refractivity contribution in [1.29, 1.82) is 0 Å². The Morgan fingerprint density at radius 3 is 1.74 bits per heavy atom. The monoisotopic (exact) mass is 702 g/mol. The molecular weight excluding hydrogens is 664 g/mol. The van der Waals surface area contributed by atoms with Crippen LogP contribution in [0.25, 0.3) is 0 Å². The molecule has 2 aliphatic rings. The Morgan fingerprint density at radius 1 is 0.700 bits per heavy atom. The summed E-state index contributed by atoms with van der Waals surface area (Å²) >= 11 is 0. The molecule has 16 nitrogen and oxygen atoms in total. The summed E-state index contributed by atoms with van der Waals surface area (Å²) < 4.78 is 56.8. The SMILES string of the molecule is CO[C@H]1O[C@@H]2COC([C@H](OC(C)=O)[C@@H](OC(C)=O)[C@H](COC(C)=O)OC(C)=O)O[C@H]2[C@H](OC(=O)c2ccccc2)[C@H]1OC(=O)c1ccccc1. The molecule has 0 saturated carbocycles. The van der Waals surface area contributed by atoms with Crippen molar-refractivity contribution in [3.8, 4) is 0 Å². The smallest absolute Gasteiger partial charge is 0.338 e. The van der Waals surface area contributed by atoms with Gasteiger partial charge in [0.05, 0.1) is 17.7 Å². The van der Waals surface area contributed by atoms with Crippen molar-refractivity contribution in [2.75, 3.05) is 20.3 Å². The number of ether oxygens (including phenoxy) is 10. The zero-order valence-electron chi connectivity index (χ0n) is 27.9. The summed E-state index contributed by atoms with van der Waals surface area (Å²) in [6.45, 7) is 3.40. The first-order valence-corrected chi connectivity index (χ1v) is 15.5. The first kappa shape index (κ1) is 37.9. The van der Waals surface area contributed by atoms with Gasteiger partial charge in [-0.15, -0.1) is 0 Å². The van der Waals surface area contributed by atoms with Gasteiger partial charge >= 0.3 is 35.8 Å². The number of hydrogen-bond donors (Lipinski definition) is 0. The number of hydrogen-bond acceptors (Lipinski definition) is 16. The predicted molar refractivity (Wildman–Crippen MR) is 165 cm³/mol. The van der Waals surface area contributed by atoms with E-state index in [0.29, 0.717) is 0 Å². The number of rotatable bonds is 13. The van der Waals surface area contributed by atoms with Gasteiger partial charge in [0, 0.05) is 34.8 Å². The zero-order valence-corrected chi connectivity index (χ0v) is 27.9. The van der Waals surface area contributed by atoms with Crippen LogP contribution in [0.2, 0.25) is 0 Å². The number of methoxy groups -OCH3 is 1. The minimum Gasteiger partial charge on any atom is -0.462 e. The maximum atomic E-state index is 13.4. The van der Waals surface area contributed by atoms with Gasteiger partial charge in [0.2, 0.25) is 0 Å². The summed E-state index contributed by atoms with van der Waals surface area (Å²) in [5, 5.41) is 0. The molecule has 2 aliphatic heterocycles. The van der Waals surface area contributed by atoms with Crippen LogP contribution in [0.15, 0.2) is 60.7 Å². The average molecular weight is 703 g/mol. The van der Waals surface area contributed by atoms with Gasteiger partial charge in [-0.25, -0.2) is 9.59 Å². The number of fused-ring (bicyclic) bond motifs is 1. The van der Waals surface area contributed by atoms with Crippen LogP contribution in [0, 0.1) is 0 Å². The summed E-state index contributed by atoms with van der Waals surface area (Å²) in [6, 6.07) is 16.0. The van der Waals surface area contributed by atoms with Crippen molar-refractivity contribution in [2.45, 2.75) is 83.0 Å². The molecule has 270 valence electrons. The van der Waals surface area contributed by atoms with E-state index >= 15 is 0 Å². The molecule has 50 heavy (non-hydrogen) atoms. The van der Waals surface area contributed by atoms with Crippen LogP contribution < -0.4 is 0 Å². The normalized spacial score (nSPS) is 24.6. The van der Waals surface area contributed by atoms with Crippen LogP contribution in [0.5, 0.6) is 0 Å². The number of benzene rings is 2. The molecule has 2 fully saturated rings. The van der Waals surface area contributed by atoms with Crippen LogP contribution >= 0.6 is 0 Å². The van der Waals surface area contributed by atoms with Crippen molar-refractivity contribution in [3.05, 3.63) is 71.8 Å². The van der Waals surface area contributed by atoms with Crippen molar-refractivity contribution in [1.82, 2.24) is 0 Å². The molecule has 0 aliphatic carbocycles. The van der Waals surface area contributed by atoms with E-state index in [1.54, 1.807) is 36.4 Å². The molecule has 0 aromatic heterocycles. The fourth-order valence-corrected chi connectivity index (χ4v) is 5.34. The number of carbonyl (C=O) groups is 6. The molecule has 9 atom stereocenters. The highest BCUT2D eigenvalue weighted by Crippen LogP contribution is 2.35. The Labute approximate surface area is 287 Å². The van der Waals surface area contributed by atoms with E-state index in [1.165, 1.54) is 31.4 Å². The maximum absolute atomic E-state index is 13.4. The van der Waals surface area contributed by atoms with Gasteiger partial charge in [-0.1, -0.05) is 36.4 Å². The van der Waals surface area contributed by atoms with Gasteiger partial charge in [0.1, 0.15) is 18.8 Å². The summed E-state index contributed by atoms with van der Waals surface area (Å²) in [7, 11) is 1.30. The summed E-state index contributed by atoms with van der Waals surface area (Å²) in [4.78, 5) is 75.1. The highest BCUT2D eigenvalue weighted by molar-refractivity contribution is 5.90. The lowest BCUT2D eigenvalue weighted by molar-refractivity contribution is -0.369. The standard InChI is InChI=1S/C34H38O16/c1-18(35)42-16-24(44-19(2)36)27(45-20(3)37)29(46-21(4)38)34-43-17-25-26(50-34)28(48-31(39)22-12-8-6-9-13-22)30(33(41-5)47-25)49-32(40)23-14-10-7-11-15-23/h6-15,24-30,33-34H,16-17H2,1-5H3/t24-,25+,26+,27-,28-,29+,30+,33-,34?/m0/s1. The molecule has 0 spiro atoms. The first-order chi connectivity index (χ1) is 23.9. The molecule has 1 unspecified atom stereocenters. The summed E-state index contributed by atoms with van der Waals surface area (Å²) in [5.74, 6) is -4.93. The first-order valence-electron chi connectivity index (χ1n) is 15.5. The molecule has 0 N–H and O–H groups in total. The van der Waals surface area contributed by atoms with Gasteiger partial charge in [-0.3, -0.25) is 19.2 Å². The number of carbonyl (C=O) groups excluding carboxylic acids is 6. The van der Waals surface area contributed by atoms with Gasteiger partial charge in [0.15, 0.2) is 43.1 Å². The minimum absolute atomic E-state index is 0.170. The molecule has 16 heteroatoms. The Morgan fingerprint density at radius 2 is 1.24 bits per heavy atom. The van der Waals surface area contributed by atoms with Crippen molar-refractivity contribution in [3.63, 3.8) is 0 Å². The highest BCUT2D eigenvalue weighted by atomic mass is 16.8. The van der Waals surface area contributed by atoms with Gasteiger partial charge in [0.25, 0.3) is 0 Å². The van der Waals surface area contributed by atoms with E-state index in [2.05, 4.69) is 0 Å². The molecule has 0 bridgehead atoms. The molecule has 2 aromatic carbocycles. The second kappa shape index (κ2) is 17.7. The van der Waals surface area contributed by atoms with Crippen LogP contribution in [-0.4, -0.2) is 111 Å². The van der Waals surface area contributed by atoms with Crippen LogP contribution in [0.3, 0.4) is 0 Å². The highest BCUT2D eigenvalue weighted by Gasteiger charge is 2.56. The third-order valence-electron chi connectivity index (χ3n) is 7.38. The third-order valence-corrected chi connectivity index (χ3v) is 7.38. The quantitative estimate of drug-likeness (QED) is 0.217. The summed E-state index contributed by atoms with van der Waals surface area (Å²) in [6.07, 6.45) is -12.8. The van der Waals surface area contributed by atoms with Crippen molar-refractivity contribution >= 4 is 35.8 Å². The molecule has 0 amide bonds. The lowest BCUT2D eigenvalue weighted by Crippen LogP contribution is -2.67. The summed E-state index contributed by atoms with van der Waals surface area (Å²) in [5.41, 5.74) is 0.357. The van der Waals surface area contributed by atoms with Crippen LogP contribution in [0.1, 0.15) is 48.4 Å². The van der Waals surface area contributed by atoms with E-state index in [-0.39, 0.29) is 17.7 Å². The van der Waals surface area contributed by atoms with Crippen molar-refractivity contribution < 1.29 is 76.1 Å². The third kappa shape index (κ3) is 10.1. The average Bonchev–Trinajstić information content (AvgIpc) is 3.09. The molecule has 2 saturated heterocycles. The fraction of sp³-hybridized carbons (Fsp3) is 0.471. The minimum atomic E-state index is -1.66. The maximum Gasteiger partial charge on any atom is 0.338 e. The topological polar surface area (TPSA) is 195 Å². The Bertz CT molecular complexity index is 1500. The van der Waals surface area contributed by atoms with E-state index in [9.17, 15) is 28.8 Å². The van der Waals surface area contributed by atoms with E-state index < -0.39 is 97.7 Å². The predicted octanol–water partition coefficient (Wildman–Crippen LogP) is 1.91. The van der Waals surface area contributed by atoms with E-state index in [1.807, 2.05) is 0 Å². The Hall–Kier alpha value is -4.90. The lowest BCUT2D eigenvalue weighted by Gasteiger charge is -2.49. The second-order valence-electron chi connectivity index (χ2n) is 11.2. The van der Waals surface area contributed by atoms with Gasteiger partial charge in [-0.05, 0) is 24.3 Å². The number of esters is 6. The molecule has 2 heterocycles. The van der Waals surface area contributed by atoms with Gasteiger partial charge in [-0.2, -0.15) is 0 Å². The second-order valence-corrected chi connectivity index (χ2v) is 11.2. The molecule has 0 radical (unpaired) electrons. The lowest BCUT2D eigenvalue weighted by atomic mass is 9.96. The molecule has 2 aromatic rings. The van der Waals surface area contributed by atoms with E-state index in [0.717, 1.165) is 27.7 Å².